The lowest BCUT2D eigenvalue weighted by Gasteiger charge is -2.37. The fraction of sp³-hybridized carbons (Fsp3) is 0.476. The molecule has 0 unspecified atom stereocenters. The highest BCUT2D eigenvalue weighted by Gasteiger charge is 2.66. The standard InChI is InChI=1S/C21H22N2O4/c1-27-12-4-2-11(3-5-12)22-17(24)8-9-23-20(25)18-13-6-7-14(16-10-15(13)16)19(18)21(23)26/h2-7,13-16,18-19H,8-10H2,1H3,(H,22,24)/t13-,14-,15-,16-,18-,19+/m1/s1. The quantitative estimate of drug-likeness (QED) is 0.639. The van der Waals surface area contributed by atoms with E-state index in [1.807, 2.05) is 0 Å². The van der Waals surface area contributed by atoms with E-state index in [1.54, 1.807) is 31.4 Å². The van der Waals surface area contributed by atoms with Crippen molar-refractivity contribution < 1.29 is 19.1 Å². The molecule has 0 spiro atoms. The van der Waals surface area contributed by atoms with Gasteiger partial charge in [-0.25, -0.2) is 0 Å². The van der Waals surface area contributed by atoms with Crippen LogP contribution in [0.1, 0.15) is 12.8 Å². The van der Waals surface area contributed by atoms with Crippen LogP contribution >= 0.6 is 0 Å². The molecule has 1 aromatic carbocycles. The highest BCUT2D eigenvalue weighted by molar-refractivity contribution is 6.06. The molecule has 1 N–H and O–H groups in total. The number of nitrogens with zero attached hydrogens (tertiary/aromatic N) is 1. The summed E-state index contributed by atoms with van der Waals surface area (Å²) in [5.41, 5.74) is 0.663. The van der Waals surface area contributed by atoms with Crippen LogP contribution in [0.25, 0.3) is 0 Å². The topological polar surface area (TPSA) is 75.7 Å². The van der Waals surface area contributed by atoms with Gasteiger partial charge in [0.05, 0.1) is 18.9 Å². The zero-order valence-corrected chi connectivity index (χ0v) is 15.1. The van der Waals surface area contributed by atoms with Crippen LogP contribution in [-0.2, 0) is 14.4 Å². The number of amides is 3. The van der Waals surface area contributed by atoms with Gasteiger partial charge in [0.25, 0.3) is 0 Å². The van der Waals surface area contributed by atoms with Crippen molar-refractivity contribution in [2.45, 2.75) is 12.8 Å². The Morgan fingerprint density at radius 3 is 2.22 bits per heavy atom. The van der Waals surface area contributed by atoms with Gasteiger partial charge < -0.3 is 10.1 Å². The van der Waals surface area contributed by atoms with Gasteiger partial charge in [0.1, 0.15) is 5.75 Å². The van der Waals surface area contributed by atoms with Gasteiger partial charge in [0, 0.05) is 18.7 Å². The second-order valence-electron chi connectivity index (χ2n) is 8.01. The molecule has 3 fully saturated rings. The highest BCUT2D eigenvalue weighted by atomic mass is 16.5. The molecule has 2 bridgehead atoms. The van der Waals surface area contributed by atoms with Crippen molar-refractivity contribution in [3.63, 3.8) is 0 Å². The Bertz CT molecular complexity index is 810. The van der Waals surface area contributed by atoms with Crippen LogP contribution < -0.4 is 10.1 Å². The van der Waals surface area contributed by atoms with Crippen LogP contribution in [0, 0.1) is 35.5 Å². The molecule has 2 saturated carbocycles. The van der Waals surface area contributed by atoms with Crippen LogP contribution in [0.2, 0.25) is 0 Å². The van der Waals surface area contributed by atoms with Crippen molar-refractivity contribution in [3.8, 4) is 5.75 Å². The Hall–Kier alpha value is -2.63. The van der Waals surface area contributed by atoms with Crippen molar-refractivity contribution in [3.05, 3.63) is 36.4 Å². The van der Waals surface area contributed by atoms with Crippen LogP contribution in [0.5, 0.6) is 5.75 Å². The highest BCUT2D eigenvalue weighted by Crippen LogP contribution is 2.65. The lowest BCUT2D eigenvalue weighted by atomic mass is 9.63. The first-order valence-electron chi connectivity index (χ1n) is 9.56. The smallest absolute Gasteiger partial charge is 0.233 e. The van der Waals surface area contributed by atoms with E-state index >= 15 is 0 Å². The Morgan fingerprint density at radius 1 is 1.07 bits per heavy atom. The Labute approximate surface area is 157 Å². The molecule has 6 heteroatoms. The SMILES string of the molecule is COc1ccc(NC(=O)CCN2C(=O)[C@@H]3[C@@H]4C=C[C@H]([C@H]5C[C@H]45)[C@@H]3C2=O)cc1. The molecule has 1 saturated heterocycles. The average Bonchev–Trinajstić information content (AvgIpc) is 3.46. The van der Waals surface area contributed by atoms with E-state index < -0.39 is 0 Å². The molecular formula is C21H22N2O4. The lowest BCUT2D eigenvalue weighted by Crippen LogP contribution is -2.40. The van der Waals surface area contributed by atoms with Gasteiger partial charge in [-0.3, -0.25) is 19.3 Å². The molecule has 3 amide bonds. The minimum Gasteiger partial charge on any atom is -0.497 e. The van der Waals surface area contributed by atoms with Gasteiger partial charge in [0.2, 0.25) is 17.7 Å². The maximum absolute atomic E-state index is 12.9. The molecule has 4 aliphatic carbocycles. The van der Waals surface area contributed by atoms with E-state index in [4.69, 9.17) is 4.74 Å². The normalized spacial score (nSPS) is 35.1. The molecule has 1 aliphatic heterocycles. The predicted octanol–water partition coefficient (Wildman–Crippen LogP) is 2.08. The summed E-state index contributed by atoms with van der Waals surface area (Å²) < 4.78 is 5.09. The molecule has 6 rings (SSSR count). The summed E-state index contributed by atoms with van der Waals surface area (Å²) in [6.45, 7) is 0.154. The van der Waals surface area contributed by atoms with Crippen LogP contribution in [-0.4, -0.2) is 36.3 Å². The molecule has 1 heterocycles. The second kappa shape index (κ2) is 5.94. The first-order chi connectivity index (χ1) is 13.1. The molecular weight excluding hydrogens is 344 g/mol. The predicted molar refractivity (Wildman–Crippen MR) is 97.7 cm³/mol. The van der Waals surface area contributed by atoms with Gasteiger partial charge in [0.15, 0.2) is 0 Å². The van der Waals surface area contributed by atoms with Gasteiger partial charge in [-0.2, -0.15) is 0 Å². The number of hydrogen-bond acceptors (Lipinski definition) is 4. The van der Waals surface area contributed by atoms with Gasteiger partial charge in [-0.05, 0) is 54.4 Å². The molecule has 140 valence electrons. The van der Waals surface area contributed by atoms with Crippen LogP contribution in [0.4, 0.5) is 5.69 Å². The van der Waals surface area contributed by atoms with E-state index in [0.29, 0.717) is 23.3 Å². The number of rotatable bonds is 5. The summed E-state index contributed by atoms with van der Waals surface area (Å²) in [6, 6.07) is 7.05. The van der Waals surface area contributed by atoms with Crippen LogP contribution in [0.15, 0.2) is 36.4 Å². The fourth-order valence-electron chi connectivity index (χ4n) is 5.35. The summed E-state index contributed by atoms with van der Waals surface area (Å²) in [4.78, 5) is 39.3. The minimum atomic E-state index is -0.209. The Morgan fingerprint density at radius 2 is 1.67 bits per heavy atom. The molecule has 27 heavy (non-hydrogen) atoms. The third kappa shape index (κ3) is 2.50. The summed E-state index contributed by atoms with van der Waals surface area (Å²) in [5.74, 6) is 1.59. The monoisotopic (exact) mass is 366 g/mol. The van der Waals surface area contributed by atoms with Gasteiger partial charge in [-0.15, -0.1) is 0 Å². The number of carbonyl (C=O) groups excluding carboxylic acids is 3. The summed E-state index contributed by atoms with van der Waals surface area (Å²) >= 11 is 0. The van der Waals surface area contributed by atoms with Crippen LogP contribution in [0.3, 0.4) is 0 Å². The molecule has 6 nitrogen and oxygen atoms in total. The number of anilines is 1. The van der Waals surface area contributed by atoms with Gasteiger partial charge in [-0.1, -0.05) is 12.2 Å². The van der Waals surface area contributed by atoms with E-state index in [0.717, 1.165) is 6.42 Å². The molecule has 0 aromatic heterocycles. The minimum absolute atomic E-state index is 0.0769. The number of nitrogens with one attached hydrogen (secondary N) is 1. The first-order valence-corrected chi connectivity index (χ1v) is 9.56. The molecule has 1 aromatic rings. The number of likely N-dealkylation sites (tertiary alicyclic amines) is 1. The molecule has 5 aliphatic rings. The maximum Gasteiger partial charge on any atom is 0.233 e. The number of benzene rings is 1. The van der Waals surface area contributed by atoms with Crippen molar-refractivity contribution in [2.24, 2.45) is 35.5 Å². The van der Waals surface area contributed by atoms with E-state index in [2.05, 4.69) is 17.5 Å². The number of methoxy groups -OCH3 is 1. The fourth-order valence-corrected chi connectivity index (χ4v) is 5.35. The number of hydrogen-bond donors (Lipinski definition) is 1. The Kier molecular flexibility index (Phi) is 3.64. The summed E-state index contributed by atoms with van der Waals surface area (Å²) in [7, 11) is 1.58. The largest absolute Gasteiger partial charge is 0.497 e. The second-order valence-corrected chi connectivity index (χ2v) is 8.01. The number of imide groups is 1. The Balaban J connectivity index is 1.22. The zero-order valence-electron chi connectivity index (χ0n) is 15.1. The van der Waals surface area contributed by atoms with Crippen molar-refractivity contribution in [1.29, 1.82) is 0 Å². The average molecular weight is 366 g/mol. The molecule has 0 radical (unpaired) electrons. The lowest BCUT2D eigenvalue weighted by molar-refractivity contribution is -0.140. The number of allylic oxidation sites excluding steroid dienone is 2. The van der Waals surface area contributed by atoms with E-state index in [-0.39, 0.29) is 54.4 Å². The third-order valence-electron chi connectivity index (χ3n) is 6.69. The van der Waals surface area contributed by atoms with Crippen molar-refractivity contribution in [2.75, 3.05) is 19.0 Å². The summed E-state index contributed by atoms with van der Waals surface area (Å²) in [6.07, 6.45) is 5.58. The summed E-state index contributed by atoms with van der Waals surface area (Å²) in [5, 5.41) is 2.80. The van der Waals surface area contributed by atoms with Crippen molar-refractivity contribution in [1.82, 2.24) is 4.90 Å². The molecule has 6 atom stereocenters. The van der Waals surface area contributed by atoms with E-state index in [1.165, 1.54) is 4.90 Å². The van der Waals surface area contributed by atoms with Gasteiger partial charge >= 0.3 is 0 Å². The first kappa shape index (κ1) is 16.5. The third-order valence-corrected chi connectivity index (χ3v) is 6.69. The number of ether oxygens (including phenoxy) is 1. The van der Waals surface area contributed by atoms with E-state index in [9.17, 15) is 14.4 Å². The zero-order chi connectivity index (χ0) is 18.7. The van der Waals surface area contributed by atoms with Crippen molar-refractivity contribution >= 4 is 23.4 Å². The maximum atomic E-state index is 12.9. The number of carbonyl (C=O) groups is 3.